The van der Waals surface area contributed by atoms with Crippen molar-refractivity contribution < 1.29 is 4.74 Å². The van der Waals surface area contributed by atoms with E-state index in [9.17, 15) is 0 Å². The maximum absolute atomic E-state index is 7.13. The van der Waals surface area contributed by atoms with Crippen LogP contribution in [0.15, 0.2) is 48.6 Å². The molecule has 7 rings (SSSR count). The molecular weight excluding hydrogens is 452 g/mol. The summed E-state index contributed by atoms with van der Waals surface area (Å²) in [6.07, 6.45) is 18.3. The lowest BCUT2D eigenvalue weighted by Gasteiger charge is -2.39. The SMILES string of the molecule is C=CC(C)C=CC=C(C)C1=c2cc3c4c(c2Oc2c1cc1c5c2CCCN5CCC1)CCC[N+]=4CCC3. The topological polar surface area (TPSA) is 15.5 Å². The van der Waals surface area contributed by atoms with Crippen LogP contribution in [0.3, 0.4) is 0 Å². The zero-order chi connectivity index (χ0) is 25.1. The van der Waals surface area contributed by atoms with Crippen molar-refractivity contribution in [3.05, 3.63) is 87.0 Å². The van der Waals surface area contributed by atoms with Gasteiger partial charge in [0, 0.05) is 53.5 Å². The van der Waals surface area contributed by atoms with E-state index in [1.807, 2.05) is 6.08 Å². The predicted molar refractivity (Wildman–Crippen MR) is 153 cm³/mol. The second-order valence-electron chi connectivity index (χ2n) is 11.7. The fourth-order valence-corrected chi connectivity index (χ4v) is 7.48. The Bertz CT molecular complexity index is 1500. The molecule has 1 unspecified atom stereocenters. The monoisotopic (exact) mass is 491 g/mol. The quantitative estimate of drug-likeness (QED) is 0.323. The van der Waals surface area contributed by atoms with Crippen molar-refractivity contribution in [2.24, 2.45) is 5.92 Å². The summed E-state index contributed by atoms with van der Waals surface area (Å²) in [5.41, 5.74) is 11.5. The van der Waals surface area contributed by atoms with Crippen molar-refractivity contribution in [1.82, 2.24) is 4.58 Å². The van der Waals surface area contributed by atoms with E-state index in [-0.39, 0.29) is 0 Å². The molecule has 2 aromatic rings. The number of allylic oxidation sites excluding steroid dienone is 5. The first-order valence-electron chi connectivity index (χ1n) is 14.5. The Balaban J connectivity index is 1.54. The van der Waals surface area contributed by atoms with E-state index < -0.39 is 0 Å². The zero-order valence-corrected chi connectivity index (χ0v) is 22.5. The smallest absolute Gasteiger partial charge is 0.210 e. The fourth-order valence-electron chi connectivity index (χ4n) is 7.48. The highest BCUT2D eigenvalue weighted by Gasteiger charge is 2.35. The van der Waals surface area contributed by atoms with E-state index >= 15 is 0 Å². The van der Waals surface area contributed by atoms with Gasteiger partial charge in [-0.3, -0.25) is 0 Å². The van der Waals surface area contributed by atoms with E-state index in [4.69, 9.17) is 4.74 Å². The molecule has 5 aliphatic heterocycles. The molecule has 0 saturated carbocycles. The summed E-state index contributed by atoms with van der Waals surface area (Å²) in [5.74, 6) is 2.66. The van der Waals surface area contributed by atoms with Crippen molar-refractivity contribution in [2.45, 2.75) is 65.2 Å². The van der Waals surface area contributed by atoms with Crippen molar-refractivity contribution in [3.8, 4) is 11.5 Å². The number of hydrogen-bond acceptors (Lipinski definition) is 2. The highest BCUT2D eigenvalue weighted by atomic mass is 16.5. The maximum Gasteiger partial charge on any atom is 0.210 e. The van der Waals surface area contributed by atoms with E-state index in [2.05, 4.69) is 60.3 Å². The first kappa shape index (κ1) is 23.1. The largest absolute Gasteiger partial charge is 0.455 e. The van der Waals surface area contributed by atoms with Gasteiger partial charge >= 0.3 is 0 Å². The van der Waals surface area contributed by atoms with Gasteiger partial charge in [0.1, 0.15) is 24.6 Å². The Morgan fingerprint density at radius 1 is 0.973 bits per heavy atom. The second-order valence-corrected chi connectivity index (χ2v) is 11.7. The number of nitrogens with zero attached hydrogens (tertiary/aromatic N) is 2. The lowest BCUT2D eigenvalue weighted by Crippen LogP contribution is -2.45. The van der Waals surface area contributed by atoms with Gasteiger partial charge in [0.25, 0.3) is 0 Å². The summed E-state index contributed by atoms with van der Waals surface area (Å²) in [4.78, 5) is 2.64. The van der Waals surface area contributed by atoms with Crippen molar-refractivity contribution in [3.63, 3.8) is 0 Å². The molecule has 0 bridgehead atoms. The number of ether oxygens (including phenoxy) is 1. The van der Waals surface area contributed by atoms with Crippen LogP contribution in [0.25, 0.3) is 5.57 Å². The summed E-state index contributed by atoms with van der Waals surface area (Å²) in [7, 11) is 0. The summed E-state index contributed by atoms with van der Waals surface area (Å²) in [5, 5.41) is 2.81. The molecule has 1 atom stereocenters. The lowest BCUT2D eigenvalue weighted by atomic mass is 9.82. The van der Waals surface area contributed by atoms with Gasteiger partial charge in [-0.05, 0) is 80.2 Å². The number of hydrogen-bond donors (Lipinski definition) is 0. The molecule has 0 saturated heterocycles. The third-order valence-corrected chi connectivity index (χ3v) is 9.21. The Kier molecular flexibility index (Phi) is 5.64. The van der Waals surface area contributed by atoms with Crippen LogP contribution in [0.1, 0.15) is 67.3 Å². The number of aryl methyl sites for hydroxylation is 2. The van der Waals surface area contributed by atoms with Crippen LogP contribution in [-0.4, -0.2) is 26.2 Å². The van der Waals surface area contributed by atoms with E-state index in [0.717, 1.165) is 24.3 Å². The molecule has 2 aromatic carbocycles. The molecule has 0 amide bonds. The third kappa shape index (κ3) is 3.65. The summed E-state index contributed by atoms with van der Waals surface area (Å²) < 4.78 is 9.76. The van der Waals surface area contributed by atoms with Crippen LogP contribution >= 0.6 is 0 Å². The number of fused-ring (bicyclic) bond motifs is 4. The Morgan fingerprint density at radius 2 is 1.73 bits per heavy atom. The van der Waals surface area contributed by atoms with E-state index in [1.165, 1.54) is 120 Å². The molecule has 5 aliphatic rings. The Morgan fingerprint density at radius 3 is 2.57 bits per heavy atom. The van der Waals surface area contributed by atoms with Gasteiger partial charge in [0.2, 0.25) is 5.36 Å². The third-order valence-electron chi connectivity index (χ3n) is 9.21. The maximum atomic E-state index is 7.13. The lowest BCUT2D eigenvalue weighted by molar-refractivity contribution is 0.431. The zero-order valence-electron chi connectivity index (χ0n) is 22.5. The number of anilines is 1. The summed E-state index contributed by atoms with van der Waals surface area (Å²) in [6, 6.07) is 4.99. The molecule has 5 heterocycles. The van der Waals surface area contributed by atoms with Gasteiger partial charge in [0.05, 0.1) is 5.56 Å². The van der Waals surface area contributed by atoms with Crippen LogP contribution in [0.4, 0.5) is 5.69 Å². The molecule has 0 aliphatic carbocycles. The Hall–Kier alpha value is -3.07. The average molecular weight is 492 g/mol. The molecular formula is C34H39N2O+. The molecule has 0 aromatic heterocycles. The van der Waals surface area contributed by atoms with Gasteiger partial charge < -0.3 is 9.64 Å². The van der Waals surface area contributed by atoms with Crippen LogP contribution < -0.4 is 24.8 Å². The minimum absolute atomic E-state index is 0.369. The van der Waals surface area contributed by atoms with E-state index in [0.29, 0.717) is 5.92 Å². The van der Waals surface area contributed by atoms with E-state index in [1.54, 1.807) is 0 Å². The predicted octanol–water partition coefficient (Wildman–Crippen LogP) is 5.40. The Labute approximate surface area is 221 Å². The van der Waals surface area contributed by atoms with Gasteiger partial charge in [0.15, 0.2) is 0 Å². The summed E-state index contributed by atoms with van der Waals surface area (Å²) >= 11 is 0. The molecule has 190 valence electrons. The molecule has 3 heteroatoms. The van der Waals surface area contributed by atoms with Crippen LogP contribution in [0, 0.1) is 5.92 Å². The minimum Gasteiger partial charge on any atom is -0.455 e. The van der Waals surface area contributed by atoms with Crippen molar-refractivity contribution >= 4 is 11.3 Å². The van der Waals surface area contributed by atoms with Gasteiger partial charge in [-0.2, -0.15) is 0 Å². The van der Waals surface area contributed by atoms with Gasteiger partial charge in [-0.1, -0.05) is 31.2 Å². The number of rotatable bonds is 4. The normalized spacial score (nSPS) is 20.6. The molecule has 0 radical (unpaired) electrons. The first-order chi connectivity index (χ1) is 18.1. The fraction of sp³-hybridized carbons (Fsp3) is 0.441. The van der Waals surface area contributed by atoms with Crippen molar-refractivity contribution in [2.75, 3.05) is 31.1 Å². The minimum atomic E-state index is 0.369. The van der Waals surface area contributed by atoms with Gasteiger partial charge in [-0.15, -0.1) is 6.58 Å². The number of benzene rings is 2. The first-order valence-corrected chi connectivity index (χ1v) is 14.5. The van der Waals surface area contributed by atoms with Crippen LogP contribution in [0.2, 0.25) is 0 Å². The molecule has 37 heavy (non-hydrogen) atoms. The van der Waals surface area contributed by atoms with Gasteiger partial charge in [-0.25, -0.2) is 4.58 Å². The highest BCUT2D eigenvalue weighted by molar-refractivity contribution is 5.88. The van der Waals surface area contributed by atoms with Crippen molar-refractivity contribution in [1.29, 1.82) is 0 Å². The summed E-state index contributed by atoms with van der Waals surface area (Å²) in [6.45, 7) is 13.2. The van der Waals surface area contributed by atoms with Crippen LogP contribution in [-0.2, 0) is 25.7 Å². The second kappa shape index (κ2) is 9.04. The highest BCUT2D eigenvalue weighted by Crippen LogP contribution is 2.48. The standard InChI is InChI=1S/C34H39N2O/c1-4-22(2)10-5-11-23(3)30-28-20-24-12-6-16-35-18-8-14-26(31(24)35)33(28)37-34-27-15-9-19-36-17-7-13-25(32(27)36)21-29(30)34/h4-5,10-11,20-22H,1,6-9,12-19H2,2-3H3/q+1. The van der Waals surface area contributed by atoms with Crippen LogP contribution in [0.5, 0.6) is 11.5 Å². The molecule has 0 fully saturated rings. The molecule has 3 nitrogen and oxygen atoms in total. The average Bonchev–Trinajstić information content (AvgIpc) is 2.92. The molecule has 0 N–H and O–H groups in total. The molecule has 0 spiro atoms.